The Bertz CT molecular complexity index is 939. The molecule has 0 saturated heterocycles. The number of benzene rings is 1. The molecular formula is C26H42O3SSi. The van der Waals surface area contributed by atoms with Gasteiger partial charge >= 0.3 is 0 Å². The van der Waals surface area contributed by atoms with Gasteiger partial charge in [0, 0.05) is 12.0 Å². The lowest BCUT2D eigenvalue weighted by Gasteiger charge is -2.48. The van der Waals surface area contributed by atoms with Crippen LogP contribution in [0.5, 0.6) is 0 Å². The van der Waals surface area contributed by atoms with E-state index in [9.17, 15) is 8.42 Å². The van der Waals surface area contributed by atoms with Crippen LogP contribution in [0.15, 0.2) is 46.4 Å². The van der Waals surface area contributed by atoms with Gasteiger partial charge in [-0.15, -0.1) is 0 Å². The normalized spacial score (nSPS) is 27.2. The standard InChI is InChI=1S/C26H42O3SSi/c1-24(2,3)31(7,8)29-19-26(6)17-16-22-20(18-26)14-15-23(25(22,4)5)30(27,28)21-12-10-9-11-13-21/h9-13,23H,14-19H2,1-8H3/t23?,26-/m1/s1. The van der Waals surface area contributed by atoms with Crippen molar-refractivity contribution in [3.8, 4) is 0 Å². The molecule has 3 rings (SSSR count). The lowest BCUT2D eigenvalue weighted by Crippen LogP contribution is -2.46. The predicted molar refractivity (Wildman–Crippen MR) is 133 cm³/mol. The van der Waals surface area contributed by atoms with Crippen molar-refractivity contribution in [2.24, 2.45) is 10.8 Å². The molecule has 3 nitrogen and oxygen atoms in total. The Morgan fingerprint density at radius 3 is 2.26 bits per heavy atom. The predicted octanol–water partition coefficient (Wildman–Crippen LogP) is 7.16. The molecule has 1 aromatic carbocycles. The SMILES string of the molecule is CC1(C)C2=C(CCC1S(=O)(=O)c1ccccc1)C[C@](C)(CO[Si](C)(C)C(C)(C)C)CC2. The summed E-state index contributed by atoms with van der Waals surface area (Å²) in [6, 6.07) is 9.00. The van der Waals surface area contributed by atoms with Crippen LogP contribution in [-0.4, -0.2) is 28.6 Å². The van der Waals surface area contributed by atoms with E-state index < -0.39 is 18.2 Å². The molecule has 2 aliphatic rings. The van der Waals surface area contributed by atoms with Crippen LogP contribution in [-0.2, 0) is 14.3 Å². The quantitative estimate of drug-likeness (QED) is 0.344. The number of sulfone groups is 1. The highest BCUT2D eigenvalue weighted by atomic mass is 32.2. The molecule has 0 saturated carbocycles. The molecule has 5 heteroatoms. The molecule has 0 heterocycles. The minimum Gasteiger partial charge on any atom is -0.416 e. The summed E-state index contributed by atoms with van der Waals surface area (Å²) in [6.45, 7) is 19.0. The molecule has 0 fully saturated rings. The van der Waals surface area contributed by atoms with Crippen molar-refractivity contribution >= 4 is 18.2 Å². The monoisotopic (exact) mass is 462 g/mol. The Morgan fingerprint density at radius 2 is 1.68 bits per heavy atom. The average Bonchev–Trinajstić information content (AvgIpc) is 2.66. The Balaban J connectivity index is 1.82. The number of rotatable bonds is 5. The van der Waals surface area contributed by atoms with E-state index >= 15 is 0 Å². The first-order valence-electron chi connectivity index (χ1n) is 11.7. The second kappa shape index (κ2) is 8.14. The fourth-order valence-electron chi connectivity index (χ4n) is 5.20. The van der Waals surface area contributed by atoms with Gasteiger partial charge in [-0.25, -0.2) is 8.42 Å². The molecule has 0 amide bonds. The number of allylic oxidation sites excluding steroid dienone is 2. The highest BCUT2D eigenvalue weighted by molar-refractivity contribution is 7.92. The molecule has 0 bridgehead atoms. The van der Waals surface area contributed by atoms with Crippen molar-refractivity contribution in [2.75, 3.05) is 6.61 Å². The molecular weight excluding hydrogens is 420 g/mol. The van der Waals surface area contributed by atoms with Gasteiger partial charge in [0.1, 0.15) is 0 Å². The van der Waals surface area contributed by atoms with Gasteiger partial charge in [0.05, 0.1) is 10.1 Å². The van der Waals surface area contributed by atoms with Crippen molar-refractivity contribution in [2.45, 2.75) is 102 Å². The van der Waals surface area contributed by atoms with E-state index in [-0.39, 0.29) is 21.1 Å². The van der Waals surface area contributed by atoms with Gasteiger partial charge in [-0.3, -0.25) is 0 Å². The molecule has 2 atom stereocenters. The fraction of sp³-hybridized carbons (Fsp3) is 0.692. The second-order valence-corrected chi connectivity index (χ2v) is 19.2. The van der Waals surface area contributed by atoms with Crippen LogP contribution in [0, 0.1) is 10.8 Å². The third-order valence-corrected chi connectivity index (χ3v) is 15.4. The molecule has 0 radical (unpaired) electrons. The topological polar surface area (TPSA) is 43.4 Å². The van der Waals surface area contributed by atoms with Crippen molar-refractivity contribution in [1.82, 2.24) is 0 Å². The van der Waals surface area contributed by atoms with E-state index in [0.717, 1.165) is 32.3 Å². The summed E-state index contributed by atoms with van der Waals surface area (Å²) in [6.07, 6.45) is 4.70. The van der Waals surface area contributed by atoms with E-state index in [0.29, 0.717) is 11.3 Å². The summed E-state index contributed by atoms with van der Waals surface area (Å²) in [4.78, 5) is 0.459. The minimum atomic E-state index is -3.35. The molecule has 2 aliphatic carbocycles. The minimum absolute atomic E-state index is 0.148. The molecule has 31 heavy (non-hydrogen) atoms. The molecule has 0 aromatic heterocycles. The zero-order valence-electron chi connectivity index (χ0n) is 20.8. The van der Waals surface area contributed by atoms with Crippen LogP contribution in [0.2, 0.25) is 18.1 Å². The van der Waals surface area contributed by atoms with Crippen LogP contribution in [0.25, 0.3) is 0 Å². The third kappa shape index (κ3) is 4.74. The van der Waals surface area contributed by atoms with Gasteiger partial charge in [0.25, 0.3) is 0 Å². The highest BCUT2D eigenvalue weighted by Gasteiger charge is 2.48. The summed E-state index contributed by atoms with van der Waals surface area (Å²) >= 11 is 0. The zero-order chi connectivity index (χ0) is 23.3. The van der Waals surface area contributed by atoms with E-state index in [1.54, 1.807) is 12.1 Å². The van der Waals surface area contributed by atoms with Gasteiger partial charge in [0.2, 0.25) is 0 Å². The molecule has 1 unspecified atom stereocenters. The van der Waals surface area contributed by atoms with E-state index in [1.807, 2.05) is 18.2 Å². The lowest BCUT2D eigenvalue weighted by atomic mass is 9.62. The zero-order valence-corrected chi connectivity index (χ0v) is 22.7. The fourth-order valence-corrected chi connectivity index (χ4v) is 8.56. The summed E-state index contributed by atoms with van der Waals surface area (Å²) in [5, 5.41) is -0.136. The first-order chi connectivity index (χ1) is 14.1. The van der Waals surface area contributed by atoms with Gasteiger partial charge in [0.15, 0.2) is 18.2 Å². The van der Waals surface area contributed by atoms with Gasteiger partial charge < -0.3 is 4.43 Å². The second-order valence-electron chi connectivity index (χ2n) is 12.2. The van der Waals surface area contributed by atoms with Crippen LogP contribution < -0.4 is 0 Å². The molecule has 1 aromatic rings. The average molecular weight is 463 g/mol. The molecule has 174 valence electrons. The Kier molecular flexibility index (Phi) is 6.49. The maximum absolute atomic E-state index is 13.5. The number of hydrogen-bond donors (Lipinski definition) is 0. The van der Waals surface area contributed by atoms with Crippen LogP contribution >= 0.6 is 0 Å². The summed E-state index contributed by atoms with van der Waals surface area (Å²) < 4.78 is 33.6. The summed E-state index contributed by atoms with van der Waals surface area (Å²) in [7, 11) is -5.12. The Hall–Kier alpha value is -0.913. The maximum atomic E-state index is 13.5. The first-order valence-corrected chi connectivity index (χ1v) is 16.2. The summed E-state index contributed by atoms with van der Waals surface area (Å²) in [5.74, 6) is 0. The van der Waals surface area contributed by atoms with Gasteiger partial charge in [-0.1, -0.05) is 70.9 Å². The molecule has 0 spiro atoms. The van der Waals surface area contributed by atoms with Crippen LogP contribution in [0.4, 0.5) is 0 Å². The largest absolute Gasteiger partial charge is 0.416 e. The van der Waals surface area contributed by atoms with Gasteiger partial charge in [-0.2, -0.15) is 0 Å². The smallest absolute Gasteiger partial charge is 0.192 e. The maximum Gasteiger partial charge on any atom is 0.192 e. The van der Waals surface area contributed by atoms with Crippen molar-refractivity contribution in [3.05, 3.63) is 41.5 Å². The molecule has 0 aliphatic heterocycles. The third-order valence-electron chi connectivity index (χ3n) is 8.37. The first kappa shape index (κ1) is 24.7. The van der Waals surface area contributed by atoms with Crippen molar-refractivity contribution in [1.29, 1.82) is 0 Å². The molecule has 0 N–H and O–H groups in total. The summed E-state index contributed by atoms with van der Waals surface area (Å²) in [5.41, 5.74) is 2.71. The van der Waals surface area contributed by atoms with Crippen molar-refractivity contribution in [3.63, 3.8) is 0 Å². The van der Waals surface area contributed by atoms with Crippen LogP contribution in [0.3, 0.4) is 0 Å². The van der Waals surface area contributed by atoms with E-state index in [4.69, 9.17) is 4.43 Å². The van der Waals surface area contributed by atoms with Crippen LogP contribution in [0.1, 0.15) is 73.6 Å². The Labute approximate surface area is 191 Å². The van der Waals surface area contributed by atoms with Crippen molar-refractivity contribution < 1.29 is 12.8 Å². The van der Waals surface area contributed by atoms with E-state index in [1.165, 1.54) is 11.1 Å². The highest BCUT2D eigenvalue weighted by Crippen LogP contribution is 2.54. The van der Waals surface area contributed by atoms with Gasteiger partial charge in [-0.05, 0) is 67.8 Å². The Morgan fingerprint density at radius 1 is 1.06 bits per heavy atom. The van der Waals surface area contributed by atoms with E-state index in [2.05, 4.69) is 54.6 Å². The number of hydrogen-bond acceptors (Lipinski definition) is 3. The lowest BCUT2D eigenvalue weighted by molar-refractivity contribution is 0.123.